The zero-order valence-electron chi connectivity index (χ0n) is 14.1. The molecule has 1 saturated heterocycles. The first-order chi connectivity index (χ1) is 11.0. The lowest BCUT2D eigenvalue weighted by Gasteiger charge is -2.25. The largest absolute Gasteiger partial charge is 0.323 e. The van der Waals surface area contributed by atoms with Crippen LogP contribution in [-0.2, 0) is 7.05 Å². The van der Waals surface area contributed by atoms with Crippen LogP contribution in [0.1, 0.15) is 41.5 Å². The Bertz CT molecular complexity index is 737. The highest BCUT2D eigenvalue weighted by atomic mass is 16.2. The van der Waals surface area contributed by atoms with Crippen molar-refractivity contribution in [3.63, 3.8) is 0 Å². The third-order valence-corrected chi connectivity index (χ3v) is 4.54. The second-order valence-corrected chi connectivity index (χ2v) is 6.15. The van der Waals surface area contributed by atoms with Gasteiger partial charge >= 0.3 is 6.03 Å². The molecule has 2 amide bonds. The highest BCUT2D eigenvalue weighted by molar-refractivity contribution is 5.88. The predicted molar refractivity (Wildman–Crippen MR) is 89.4 cm³/mol. The minimum Gasteiger partial charge on any atom is -0.317 e. The van der Waals surface area contributed by atoms with Gasteiger partial charge in [-0.25, -0.2) is 9.78 Å². The zero-order valence-corrected chi connectivity index (χ0v) is 14.1. The Kier molecular flexibility index (Phi) is 4.07. The van der Waals surface area contributed by atoms with Crippen molar-refractivity contribution in [2.45, 2.75) is 39.7 Å². The summed E-state index contributed by atoms with van der Waals surface area (Å²) in [7, 11) is 1.95. The number of hydrogen-bond acceptors (Lipinski definition) is 3. The summed E-state index contributed by atoms with van der Waals surface area (Å²) in [5, 5.41) is 7.41. The number of urea groups is 1. The summed E-state index contributed by atoms with van der Waals surface area (Å²) >= 11 is 0. The maximum atomic E-state index is 12.7. The number of hydrogen-bond donors (Lipinski definition) is 1. The molecule has 3 rings (SSSR count). The number of nitrogens with one attached hydrogen (secondary N) is 1. The van der Waals surface area contributed by atoms with Crippen molar-refractivity contribution in [3.8, 4) is 0 Å². The molecule has 1 N–H and O–H groups in total. The molecule has 2 aromatic heterocycles. The average Bonchev–Trinajstić information content (AvgIpc) is 3.04. The van der Waals surface area contributed by atoms with Crippen molar-refractivity contribution in [3.05, 3.63) is 40.8 Å². The van der Waals surface area contributed by atoms with Crippen LogP contribution in [0.15, 0.2) is 18.2 Å². The van der Waals surface area contributed by atoms with Gasteiger partial charge in [-0.05, 0) is 45.7 Å². The van der Waals surface area contributed by atoms with Crippen LogP contribution in [0, 0.1) is 20.8 Å². The van der Waals surface area contributed by atoms with Gasteiger partial charge in [-0.1, -0.05) is 6.07 Å². The molecule has 122 valence electrons. The van der Waals surface area contributed by atoms with Crippen molar-refractivity contribution in [1.82, 2.24) is 19.7 Å². The number of carbonyl (C=O) groups excluding carboxylic acids is 1. The van der Waals surface area contributed by atoms with Crippen LogP contribution in [0.2, 0.25) is 0 Å². The minimum atomic E-state index is -0.0896. The third kappa shape index (κ3) is 2.93. The van der Waals surface area contributed by atoms with Crippen LogP contribution in [0.3, 0.4) is 0 Å². The van der Waals surface area contributed by atoms with Gasteiger partial charge in [-0.15, -0.1) is 0 Å². The molecule has 0 aromatic carbocycles. The molecule has 1 aliphatic heterocycles. The van der Waals surface area contributed by atoms with Gasteiger partial charge in [-0.2, -0.15) is 5.10 Å². The number of likely N-dealkylation sites (tertiary alicyclic amines) is 1. The van der Waals surface area contributed by atoms with E-state index in [-0.39, 0.29) is 12.1 Å². The maximum absolute atomic E-state index is 12.7. The van der Waals surface area contributed by atoms with E-state index in [0.29, 0.717) is 5.82 Å². The molecular formula is C17H23N5O. The monoisotopic (exact) mass is 313 g/mol. The summed E-state index contributed by atoms with van der Waals surface area (Å²) < 4.78 is 1.89. The topological polar surface area (TPSA) is 63.1 Å². The van der Waals surface area contributed by atoms with Gasteiger partial charge in [0.05, 0.1) is 11.7 Å². The van der Waals surface area contributed by atoms with Crippen LogP contribution in [0.4, 0.5) is 10.6 Å². The molecule has 1 fully saturated rings. The van der Waals surface area contributed by atoms with Crippen LogP contribution < -0.4 is 5.32 Å². The summed E-state index contributed by atoms with van der Waals surface area (Å²) in [6.07, 6.45) is 1.98. The van der Waals surface area contributed by atoms with Gasteiger partial charge in [0.2, 0.25) is 0 Å². The molecule has 6 heteroatoms. The third-order valence-electron chi connectivity index (χ3n) is 4.54. The smallest absolute Gasteiger partial charge is 0.317 e. The molecule has 1 aliphatic rings. The molecule has 1 unspecified atom stereocenters. The quantitative estimate of drug-likeness (QED) is 0.926. The number of anilines is 1. The molecule has 0 bridgehead atoms. The van der Waals surface area contributed by atoms with Gasteiger partial charge in [0.25, 0.3) is 0 Å². The Labute approximate surface area is 136 Å². The second kappa shape index (κ2) is 6.02. The predicted octanol–water partition coefficient (Wildman–Crippen LogP) is 3.11. The first-order valence-corrected chi connectivity index (χ1v) is 7.98. The molecule has 0 saturated carbocycles. The normalized spacial score (nSPS) is 17.6. The Morgan fingerprint density at radius 1 is 1.30 bits per heavy atom. The zero-order chi connectivity index (χ0) is 16.6. The highest BCUT2D eigenvalue weighted by Crippen LogP contribution is 2.35. The fourth-order valence-corrected chi connectivity index (χ4v) is 3.38. The average molecular weight is 313 g/mol. The van der Waals surface area contributed by atoms with Gasteiger partial charge in [-0.3, -0.25) is 10.00 Å². The Balaban J connectivity index is 1.82. The van der Waals surface area contributed by atoms with Crippen molar-refractivity contribution in [1.29, 1.82) is 0 Å². The van der Waals surface area contributed by atoms with Crippen LogP contribution >= 0.6 is 0 Å². The Morgan fingerprint density at radius 2 is 2.09 bits per heavy atom. The Hall–Kier alpha value is -2.37. The molecule has 0 spiro atoms. The summed E-state index contributed by atoms with van der Waals surface area (Å²) in [4.78, 5) is 18.9. The molecule has 2 aromatic rings. The molecule has 0 radical (unpaired) electrons. The molecule has 0 aliphatic carbocycles. The lowest BCUT2D eigenvalue weighted by atomic mass is 10.0. The van der Waals surface area contributed by atoms with E-state index in [0.717, 1.165) is 36.5 Å². The van der Waals surface area contributed by atoms with E-state index in [1.807, 2.05) is 48.7 Å². The number of aromatic nitrogens is 3. The first-order valence-electron chi connectivity index (χ1n) is 7.98. The number of rotatable bonds is 2. The molecule has 3 heterocycles. The second-order valence-electron chi connectivity index (χ2n) is 6.15. The summed E-state index contributed by atoms with van der Waals surface area (Å²) in [5.41, 5.74) is 4.20. The molecular weight excluding hydrogens is 290 g/mol. The summed E-state index contributed by atoms with van der Waals surface area (Å²) in [5.74, 6) is 0.597. The van der Waals surface area contributed by atoms with E-state index >= 15 is 0 Å². The van der Waals surface area contributed by atoms with Gasteiger partial charge in [0, 0.05) is 30.5 Å². The van der Waals surface area contributed by atoms with Crippen LogP contribution in [-0.4, -0.2) is 32.2 Å². The van der Waals surface area contributed by atoms with Crippen molar-refractivity contribution in [2.24, 2.45) is 7.05 Å². The number of amides is 2. The van der Waals surface area contributed by atoms with Crippen LogP contribution in [0.25, 0.3) is 0 Å². The van der Waals surface area contributed by atoms with E-state index in [9.17, 15) is 4.79 Å². The van der Waals surface area contributed by atoms with Crippen molar-refractivity contribution in [2.75, 3.05) is 11.9 Å². The fourth-order valence-electron chi connectivity index (χ4n) is 3.38. The SMILES string of the molecule is Cc1cccc(NC(=O)N2CCCC2c2c(C)nn(C)c2C)n1. The standard InChI is InChI=1S/C17H23N5O/c1-11-7-5-9-15(18-11)19-17(23)22-10-6-8-14(22)16-12(2)20-21(4)13(16)3/h5,7,9,14H,6,8,10H2,1-4H3,(H,18,19,23). The van der Waals surface area contributed by atoms with E-state index in [1.165, 1.54) is 5.56 Å². The number of carbonyl (C=O) groups is 1. The number of aryl methyl sites for hydroxylation is 3. The van der Waals surface area contributed by atoms with Crippen molar-refractivity contribution < 1.29 is 4.79 Å². The van der Waals surface area contributed by atoms with Crippen molar-refractivity contribution >= 4 is 11.8 Å². The maximum Gasteiger partial charge on any atom is 0.323 e. The van der Waals surface area contributed by atoms with E-state index < -0.39 is 0 Å². The molecule has 1 atom stereocenters. The van der Waals surface area contributed by atoms with E-state index in [4.69, 9.17) is 0 Å². The summed E-state index contributed by atoms with van der Waals surface area (Å²) in [6, 6.07) is 5.63. The molecule has 6 nitrogen and oxygen atoms in total. The van der Waals surface area contributed by atoms with E-state index in [2.05, 4.69) is 22.3 Å². The van der Waals surface area contributed by atoms with Gasteiger partial charge in [0.15, 0.2) is 0 Å². The number of nitrogens with zero attached hydrogens (tertiary/aromatic N) is 4. The van der Waals surface area contributed by atoms with Gasteiger partial charge < -0.3 is 4.90 Å². The van der Waals surface area contributed by atoms with Crippen LogP contribution in [0.5, 0.6) is 0 Å². The molecule has 23 heavy (non-hydrogen) atoms. The highest BCUT2D eigenvalue weighted by Gasteiger charge is 2.33. The summed E-state index contributed by atoms with van der Waals surface area (Å²) in [6.45, 7) is 6.75. The Morgan fingerprint density at radius 3 is 2.74 bits per heavy atom. The fraction of sp³-hybridized carbons (Fsp3) is 0.471. The lowest BCUT2D eigenvalue weighted by Crippen LogP contribution is -2.35. The lowest BCUT2D eigenvalue weighted by molar-refractivity contribution is 0.206. The van der Waals surface area contributed by atoms with E-state index in [1.54, 1.807) is 0 Å². The first kappa shape index (κ1) is 15.5. The number of pyridine rings is 1. The minimum absolute atomic E-state index is 0.0896. The van der Waals surface area contributed by atoms with Gasteiger partial charge in [0.1, 0.15) is 5.82 Å².